The maximum atomic E-state index is 11.9. The Kier molecular flexibility index (Phi) is 3.25. The Morgan fingerprint density at radius 3 is 2.50 bits per heavy atom. The fraction of sp³-hybridized carbons (Fsp3) is 0.818. The molecule has 5 nitrogen and oxygen atoms in total. The second-order valence-corrected chi connectivity index (χ2v) is 4.56. The summed E-state index contributed by atoms with van der Waals surface area (Å²) in [6.07, 6.45) is 3.59. The Labute approximate surface area is 95.0 Å². The Hall–Kier alpha value is -0.940. The van der Waals surface area contributed by atoms with Gasteiger partial charge in [0.25, 0.3) is 0 Å². The van der Waals surface area contributed by atoms with E-state index in [-0.39, 0.29) is 30.9 Å². The Morgan fingerprint density at radius 1 is 1.44 bits per heavy atom. The summed E-state index contributed by atoms with van der Waals surface area (Å²) in [5.74, 6) is -0.234. The van der Waals surface area contributed by atoms with E-state index in [1.807, 2.05) is 4.90 Å². The number of likely N-dealkylation sites (N-methyl/N-ethyl adjacent to an activating group) is 1. The molecule has 0 aromatic rings. The summed E-state index contributed by atoms with van der Waals surface area (Å²) in [6.45, 7) is 0.528. The summed E-state index contributed by atoms with van der Waals surface area (Å²) in [5, 5.41) is 9.03. The lowest BCUT2D eigenvalue weighted by Crippen LogP contribution is -2.50. The van der Waals surface area contributed by atoms with E-state index >= 15 is 0 Å². The summed E-state index contributed by atoms with van der Waals surface area (Å²) < 4.78 is 0. The highest BCUT2D eigenvalue weighted by Crippen LogP contribution is 2.29. The van der Waals surface area contributed by atoms with E-state index in [1.54, 1.807) is 0 Å². The van der Waals surface area contributed by atoms with Crippen LogP contribution in [-0.2, 0) is 9.59 Å². The van der Waals surface area contributed by atoms with Crippen molar-refractivity contribution in [3.05, 3.63) is 0 Å². The lowest BCUT2D eigenvalue weighted by atomic mass is 9.90. The third-order valence-electron chi connectivity index (χ3n) is 3.66. The minimum Gasteiger partial charge on any atom is -0.395 e. The summed E-state index contributed by atoms with van der Waals surface area (Å²) in [7, 11) is 1.53. The Morgan fingerprint density at radius 2 is 2.12 bits per heavy atom. The molecule has 1 atom stereocenters. The van der Waals surface area contributed by atoms with Crippen LogP contribution in [0.5, 0.6) is 0 Å². The van der Waals surface area contributed by atoms with E-state index in [0.29, 0.717) is 12.6 Å². The average molecular weight is 226 g/mol. The Balaban J connectivity index is 2.07. The van der Waals surface area contributed by atoms with Crippen molar-refractivity contribution in [2.24, 2.45) is 0 Å². The number of hydrogen-bond donors (Lipinski definition) is 1. The van der Waals surface area contributed by atoms with Crippen molar-refractivity contribution in [1.29, 1.82) is 0 Å². The van der Waals surface area contributed by atoms with E-state index in [0.717, 1.165) is 12.8 Å². The third kappa shape index (κ3) is 1.85. The van der Waals surface area contributed by atoms with Crippen molar-refractivity contribution >= 4 is 11.8 Å². The summed E-state index contributed by atoms with van der Waals surface area (Å²) in [6, 6.07) is 0.0374. The maximum Gasteiger partial charge on any atom is 0.246 e. The predicted molar refractivity (Wildman–Crippen MR) is 57.6 cm³/mol. The first kappa shape index (κ1) is 11.5. The van der Waals surface area contributed by atoms with E-state index in [4.69, 9.17) is 5.11 Å². The van der Waals surface area contributed by atoms with Crippen LogP contribution < -0.4 is 0 Å². The van der Waals surface area contributed by atoms with Gasteiger partial charge in [0, 0.05) is 19.6 Å². The number of carbonyl (C=O) groups excluding carboxylic acids is 2. The van der Waals surface area contributed by atoms with Gasteiger partial charge >= 0.3 is 0 Å². The number of likely N-dealkylation sites (tertiary alicyclic amines) is 1. The van der Waals surface area contributed by atoms with Gasteiger partial charge in [-0.3, -0.25) is 19.4 Å². The standard InChI is InChI=1S/C11H18N2O3/c1-12-10(15)7-9(11(12)16)13(5-6-14)8-3-2-4-8/h8-9,14H,2-7H2,1H3. The topological polar surface area (TPSA) is 60.9 Å². The molecular weight excluding hydrogens is 208 g/mol. The van der Waals surface area contributed by atoms with Crippen molar-refractivity contribution < 1.29 is 14.7 Å². The number of hydrogen-bond acceptors (Lipinski definition) is 4. The van der Waals surface area contributed by atoms with Gasteiger partial charge in [-0.1, -0.05) is 6.42 Å². The molecule has 2 amide bonds. The van der Waals surface area contributed by atoms with Crippen LogP contribution in [0.2, 0.25) is 0 Å². The maximum absolute atomic E-state index is 11.9. The molecule has 1 aliphatic carbocycles. The number of aliphatic hydroxyl groups excluding tert-OH is 1. The van der Waals surface area contributed by atoms with Crippen molar-refractivity contribution in [3.63, 3.8) is 0 Å². The predicted octanol–water partition coefficient (Wildman–Crippen LogP) is -0.410. The molecule has 2 fully saturated rings. The number of carbonyl (C=O) groups is 2. The van der Waals surface area contributed by atoms with Gasteiger partial charge in [0.15, 0.2) is 0 Å². The zero-order valence-corrected chi connectivity index (χ0v) is 9.56. The van der Waals surface area contributed by atoms with Gasteiger partial charge in [0.05, 0.1) is 19.1 Å². The van der Waals surface area contributed by atoms with Gasteiger partial charge in [-0.2, -0.15) is 0 Å². The molecular formula is C11H18N2O3. The van der Waals surface area contributed by atoms with Crippen LogP contribution in [0.1, 0.15) is 25.7 Å². The summed E-state index contributed by atoms with van der Waals surface area (Å²) >= 11 is 0. The normalized spacial score (nSPS) is 26.7. The molecule has 1 N–H and O–H groups in total. The number of aliphatic hydroxyl groups is 1. The van der Waals surface area contributed by atoms with E-state index < -0.39 is 0 Å². The van der Waals surface area contributed by atoms with Crippen LogP contribution >= 0.6 is 0 Å². The molecule has 2 aliphatic rings. The molecule has 1 saturated heterocycles. The number of imide groups is 1. The van der Waals surface area contributed by atoms with Gasteiger partial charge in [-0.05, 0) is 12.8 Å². The van der Waals surface area contributed by atoms with Crippen molar-refractivity contribution in [2.45, 2.75) is 37.8 Å². The van der Waals surface area contributed by atoms with Crippen LogP contribution in [-0.4, -0.2) is 59.0 Å². The lowest BCUT2D eigenvalue weighted by Gasteiger charge is -2.39. The molecule has 0 aromatic heterocycles. The van der Waals surface area contributed by atoms with Crippen LogP contribution in [0, 0.1) is 0 Å². The van der Waals surface area contributed by atoms with E-state index in [9.17, 15) is 9.59 Å². The SMILES string of the molecule is CN1C(=O)CC(N(CCO)C2CCC2)C1=O. The first-order valence-corrected chi connectivity index (χ1v) is 5.82. The number of amides is 2. The molecule has 5 heteroatoms. The largest absolute Gasteiger partial charge is 0.395 e. The fourth-order valence-corrected chi connectivity index (χ4v) is 2.42. The first-order chi connectivity index (χ1) is 7.65. The van der Waals surface area contributed by atoms with Gasteiger partial charge < -0.3 is 5.11 Å². The lowest BCUT2D eigenvalue weighted by molar-refractivity contribution is -0.138. The molecule has 0 bridgehead atoms. The van der Waals surface area contributed by atoms with Gasteiger partial charge in [0.2, 0.25) is 11.8 Å². The third-order valence-corrected chi connectivity index (χ3v) is 3.66. The highest BCUT2D eigenvalue weighted by atomic mass is 16.3. The molecule has 0 spiro atoms. The van der Waals surface area contributed by atoms with Crippen LogP contribution in [0.25, 0.3) is 0 Å². The fourth-order valence-electron chi connectivity index (χ4n) is 2.42. The first-order valence-electron chi connectivity index (χ1n) is 5.82. The second kappa shape index (κ2) is 4.51. The van der Waals surface area contributed by atoms with Gasteiger partial charge in [-0.15, -0.1) is 0 Å². The van der Waals surface area contributed by atoms with Crippen LogP contribution in [0.3, 0.4) is 0 Å². The van der Waals surface area contributed by atoms with E-state index in [2.05, 4.69) is 0 Å². The highest BCUT2D eigenvalue weighted by molar-refractivity contribution is 6.05. The Bertz CT molecular complexity index is 302. The minimum atomic E-state index is -0.338. The second-order valence-electron chi connectivity index (χ2n) is 4.56. The summed E-state index contributed by atoms with van der Waals surface area (Å²) in [4.78, 5) is 26.5. The smallest absolute Gasteiger partial charge is 0.246 e. The van der Waals surface area contributed by atoms with Crippen LogP contribution in [0.4, 0.5) is 0 Å². The molecule has 1 heterocycles. The highest BCUT2D eigenvalue weighted by Gasteiger charge is 2.42. The number of rotatable bonds is 4. The van der Waals surface area contributed by atoms with E-state index in [1.165, 1.54) is 18.4 Å². The molecule has 2 rings (SSSR count). The molecule has 0 aromatic carbocycles. The molecule has 1 aliphatic heterocycles. The number of nitrogens with zero attached hydrogens (tertiary/aromatic N) is 2. The molecule has 90 valence electrons. The quantitative estimate of drug-likeness (QED) is 0.662. The van der Waals surface area contributed by atoms with Gasteiger partial charge in [0.1, 0.15) is 0 Å². The van der Waals surface area contributed by atoms with Crippen molar-refractivity contribution in [2.75, 3.05) is 20.2 Å². The zero-order valence-electron chi connectivity index (χ0n) is 9.56. The molecule has 1 saturated carbocycles. The average Bonchev–Trinajstić information content (AvgIpc) is 2.43. The zero-order chi connectivity index (χ0) is 11.7. The summed E-state index contributed by atoms with van der Waals surface area (Å²) in [5.41, 5.74) is 0. The monoisotopic (exact) mass is 226 g/mol. The molecule has 16 heavy (non-hydrogen) atoms. The molecule has 0 radical (unpaired) electrons. The van der Waals surface area contributed by atoms with Gasteiger partial charge in [-0.25, -0.2) is 0 Å². The minimum absolute atomic E-state index is 0.0399. The van der Waals surface area contributed by atoms with Crippen molar-refractivity contribution in [1.82, 2.24) is 9.80 Å². The molecule has 1 unspecified atom stereocenters. The van der Waals surface area contributed by atoms with Crippen LogP contribution in [0.15, 0.2) is 0 Å². The van der Waals surface area contributed by atoms with Crippen molar-refractivity contribution in [3.8, 4) is 0 Å².